The topological polar surface area (TPSA) is 20.3 Å². The second kappa shape index (κ2) is 8.61. The molecule has 1 aromatic rings. The van der Waals surface area contributed by atoms with E-state index in [4.69, 9.17) is 0 Å². The number of carbonyl (C=O) groups excluding carboxylic acids is 1. The summed E-state index contributed by atoms with van der Waals surface area (Å²) in [5.41, 5.74) is 3.96. The molecule has 0 saturated carbocycles. The van der Waals surface area contributed by atoms with Gasteiger partial charge in [0.1, 0.15) is 0 Å². The van der Waals surface area contributed by atoms with E-state index in [-0.39, 0.29) is 0 Å². The van der Waals surface area contributed by atoms with Gasteiger partial charge in [-0.2, -0.15) is 11.8 Å². The number of thioether (sulfide) groups is 1. The molecule has 3 heteroatoms. The minimum absolute atomic E-state index is 0.299. The zero-order chi connectivity index (χ0) is 15.9. The summed E-state index contributed by atoms with van der Waals surface area (Å²) in [4.78, 5) is 14.6. The van der Waals surface area contributed by atoms with E-state index in [9.17, 15) is 4.79 Å². The highest BCUT2D eigenvalue weighted by molar-refractivity contribution is 7.99. The van der Waals surface area contributed by atoms with Crippen LogP contribution in [0.15, 0.2) is 18.2 Å². The zero-order valence-corrected chi connectivity index (χ0v) is 15.0. The number of aryl methyl sites for hydroxylation is 2. The predicted octanol–water partition coefficient (Wildman–Crippen LogP) is 4.89. The molecule has 1 aliphatic rings. The monoisotopic (exact) mass is 319 g/mol. The third-order valence-electron chi connectivity index (χ3n) is 4.59. The van der Waals surface area contributed by atoms with E-state index in [1.54, 1.807) is 0 Å². The molecule has 2 nitrogen and oxygen atoms in total. The van der Waals surface area contributed by atoms with Crippen molar-refractivity contribution in [1.29, 1.82) is 0 Å². The summed E-state index contributed by atoms with van der Waals surface area (Å²) in [7, 11) is 0. The van der Waals surface area contributed by atoms with Crippen molar-refractivity contribution in [1.82, 2.24) is 4.90 Å². The van der Waals surface area contributed by atoms with Crippen molar-refractivity contribution in [2.24, 2.45) is 0 Å². The van der Waals surface area contributed by atoms with Crippen molar-refractivity contribution >= 4 is 17.7 Å². The van der Waals surface area contributed by atoms with Gasteiger partial charge in [0.25, 0.3) is 0 Å². The Balaban J connectivity index is 1.92. The molecular formula is C19H29NOS. The van der Waals surface area contributed by atoms with Crippen LogP contribution in [0.25, 0.3) is 0 Å². The van der Waals surface area contributed by atoms with E-state index in [0.717, 1.165) is 25.1 Å². The van der Waals surface area contributed by atoms with Gasteiger partial charge in [0, 0.05) is 18.7 Å². The van der Waals surface area contributed by atoms with Gasteiger partial charge in [-0.3, -0.25) is 4.79 Å². The Morgan fingerprint density at radius 3 is 2.82 bits per heavy atom. The highest BCUT2D eigenvalue weighted by Crippen LogP contribution is 2.33. The predicted molar refractivity (Wildman–Crippen MR) is 96.5 cm³/mol. The minimum atomic E-state index is 0.299. The summed E-state index contributed by atoms with van der Waals surface area (Å²) in [5, 5.41) is 0. The highest BCUT2D eigenvalue weighted by atomic mass is 32.2. The molecule has 1 aromatic carbocycles. The first kappa shape index (κ1) is 17.4. The normalized spacial score (nSPS) is 18.0. The molecule has 2 rings (SSSR count). The van der Waals surface area contributed by atoms with Gasteiger partial charge < -0.3 is 4.90 Å². The maximum Gasteiger partial charge on any atom is 0.223 e. The molecule has 0 bridgehead atoms. The summed E-state index contributed by atoms with van der Waals surface area (Å²) in [5.74, 6) is 2.49. The lowest BCUT2D eigenvalue weighted by Gasteiger charge is -2.25. The maximum absolute atomic E-state index is 12.5. The molecule has 0 aliphatic carbocycles. The Kier molecular flexibility index (Phi) is 6.81. The molecular weight excluding hydrogens is 290 g/mol. The Hall–Kier alpha value is -0.960. The van der Waals surface area contributed by atoms with Gasteiger partial charge in [-0.1, -0.05) is 31.5 Å². The maximum atomic E-state index is 12.5. The van der Waals surface area contributed by atoms with Crippen LogP contribution in [0.4, 0.5) is 0 Å². The van der Waals surface area contributed by atoms with E-state index in [1.165, 1.54) is 35.3 Å². The number of hydrogen-bond donors (Lipinski definition) is 0. The summed E-state index contributed by atoms with van der Waals surface area (Å²) in [6.45, 7) is 7.44. The van der Waals surface area contributed by atoms with Crippen LogP contribution in [0.2, 0.25) is 0 Å². The molecule has 0 radical (unpaired) electrons. The van der Waals surface area contributed by atoms with Crippen molar-refractivity contribution < 1.29 is 4.79 Å². The van der Waals surface area contributed by atoms with Gasteiger partial charge in [-0.25, -0.2) is 0 Å². The minimum Gasteiger partial charge on any atom is -0.336 e. The van der Waals surface area contributed by atoms with Gasteiger partial charge >= 0.3 is 0 Å². The number of likely N-dealkylation sites (tertiary alicyclic amines) is 1. The standard InChI is InChI=1S/C19H29NOS/c1-4-5-12-22-13-10-19(21)20-11-6-7-18(20)17-9-8-15(2)16(3)14-17/h8-9,14,18H,4-7,10-13H2,1-3H3. The zero-order valence-electron chi connectivity index (χ0n) is 14.2. The lowest BCUT2D eigenvalue weighted by Crippen LogP contribution is -2.30. The molecule has 22 heavy (non-hydrogen) atoms. The number of benzene rings is 1. The van der Waals surface area contributed by atoms with E-state index in [2.05, 4.69) is 43.9 Å². The van der Waals surface area contributed by atoms with Gasteiger partial charge in [0.15, 0.2) is 0 Å². The third kappa shape index (κ3) is 4.52. The van der Waals surface area contributed by atoms with Crippen LogP contribution < -0.4 is 0 Å². The van der Waals surface area contributed by atoms with Crippen LogP contribution in [-0.2, 0) is 4.79 Å². The number of carbonyl (C=O) groups is 1. The number of rotatable bonds is 7. The molecule has 1 heterocycles. The first-order valence-corrected chi connectivity index (χ1v) is 9.73. The Bertz CT molecular complexity index is 500. The number of hydrogen-bond acceptors (Lipinski definition) is 2. The van der Waals surface area contributed by atoms with Gasteiger partial charge in [-0.15, -0.1) is 0 Å². The van der Waals surface area contributed by atoms with Crippen molar-refractivity contribution in [2.75, 3.05) is 18.1 Å². The first-order chi connectivity index (χ1) is 10.6. The molecule has 1 fully saturated rings. The van der Waals surface area contributed by atoms with Gasteiger partial charge in [-0.05, 0) is 55.6 Å². The van der Waals surface area contributed by atoms with Crippen LogP contribution in [0, 0.1) is 13.8 Å². The van der Waals surface area contributed by atoms with Crippen LogP contribution >= 0.6 is 11.8 Å². The second-order valence-electron chi connectivity index (χ2n) is 6.30. The third-order valence-corrected chi connectivity index (χ3v) is 5.66. The molecule has 1 aliphatic heterocycles. The quantitative estimate of drug-likeness (QED) is 0.667. The Morgan fingerprint density at radius 2 is 2.09 bits per heavy atom. The van der Waals surface area contributed by atoms with Crippen LogP contribution in [0.1, 0.15) is 61.8 Å². The molecule has 1 atom stereocenters. The average Bonchev–Trinajstić information content (AvgIpc) is 2.99. The Labute approximate surface area is 139 Å². The van der Waals surface area contributed by atoms with Crippen LogP contribution in [0.3, 0.4) is 0 Å². The summed E-state index contributed by atoms with van der Waals surface area (Å²) >= 11 is 1.92. The van der Waals surface area contributed by atoms with Crippen LogP contribution in [0.5, 0.6) is 0 Å². The van der Waals surface area contributed by atoms with Crippen LogP contribution in [-0.4, -0.2) is 28.9 Å². The lowest BCUT2D eigenvalue weighted by molar-refractivity contribution is -0.131. The number of amides is 1. The molecule has 0 spiro atoms. The van der Waals surface area contributed by atoms with Crippen molar-refractivity contribution in [3.8, 4) is 0 Å². The fourth-order valence-corrected chi connectivity index (χ4v) is 4.05. The summed E-state index contributed by atoms with van der Waals surface area (Å²) in [6.07, 6.45) is 5.43. The fourth-order valence-electron chi connectivity index (χ4n) is 3.04. The molecule has 1 unspecified atom stereocenters. The van der Waals surface area contributed by atoms with Gasteiger partial charge in [0.05, 0.1) is 6.04 Å². The number of nitrogens with zero attached hydrogens (tertiary/aromatic N) is 1. The molecule has 1 saturated heterocycles. The molecule has 1 amide bonds. The van der Waals surface area contributed by atoms with Gasteiger partial charge in [0.2, 0.25) is 5.91 Å². The summed E-state index contributed by atoms with van der Waals surface area (Å²) < 4.78 is 0. The van der Waals surface area contributed by atoms with E-state index >= 15 is 0 Å². The largest absolute Gasteiger partial charge is 0.336 e. The number of unbranched alkanes of at least 4 members (excludes halogenated alkanes) is 1. The van der Waals surface area contributed by atoms with Crippen molar-refractivity contribution in [3.05, 3.63) is 34.9 Å². The van der Waals surface area contributed by atoms with E-state index in [1.807, 2.05) is 11.8 Å². The average molecular weight is 320 g/mol. The highest BCUT2D eigenvalue weighted by Gasteiger charge is 2.29. The second-order valence-corrected chi connectivity index (χ2v) is 7.53. The fraction of sp³-hybridized carbons (Fsp3) is 0.632. The van der Waals surface area contributed by atoms with Crippen molar-refractivity contribution in [3.63, 3.8) is 0 Å². The van der Waals surface area contributed by atoms with E-state index in [0.29, 0.717) is 18.4 Å². The van der Waals surface area contributed by atoms with Crippen molar-refractivity contribution in [2.45, 2.75) is 58.9 Å². The first-order valence-electron chi connectivity index (χ1n) is 8.58. The van der Waals surface area contributed by atoms with E-state index < -0.39 is 0 Å². The molecule has 122 valence electrons. The molecule has 0 aromatic heterocycles. The smallest absolute Gasteiger partial charge is 0.223 e. The lowest BCUT2D eigenvalue weighted by atomic mass is 9.99. The SMILES string of the molecule is CCCCSCCC(=O)N1CCCC1c1ccc(C)c(C)c1. The molecule has 0 N–H and O–H groups in total. The summed E-state index contributed by atoms with van der Waals surface area (Å²) in [6, 6.07) is 6.95. The Morgan fingerprint density at radius 1 is 1.27 bits per heavy atom.